The third-order valence-corrected chi connectivity index (χ3v) is 9.76. The van der Waals surface area contributed by atoms with Crippen LogP contribution in [0.5, 0.6) is 0 Å². The first-order valence-corrected chi connectivity index (χ1v) is 14.8. The summed E-state index contributed by atoms with van der Waals surface area (Å²) in [6.45, 7) is 8.00. The van der Waals surface area contributed by atoms with Crippen LogP contribution in [0.2, 0.25) is 15.1 Å². The average Bonchev–Trinajstić information content (AvgIpc) is 2.86. The van der Waals surface area contributed by atoms with Crippen molar-refractivity contribution in [3.63, 3.8) is 0 Å². The van der Waals surface area contributed by atoms with E-state index in [1.54, 1.807) is 6.07 Å². The highest BCUT2D eigenvalue weighted by atomic mass is 35.5. The fraction of sp³-hybridized carbons (Fsp3) is 0.607. The monoisotopic (exact) mass is 579 g/mol. The maximum Gasteiger partial charge on any atom is 0.306 e. The molecule has 1 aromatic carbocycles. The van der Waals surface area contributed by atoms with E-state index in [0.29, 0.717) is 44.7 Å². The number of rotatable bonds is 7. The van der Waals surface area contributed by atoms with E-state index in [4.69, 9.17) is 44.8 Å². The highest BCUT2D eigenvalue weighted by molar-refractivity contribution is 6.35. The first-order chi connectivity index (χ1) is 18.2. The Morgan fingerprint density at radius 1 is 1.08 bits per heavy atom. The number of benzene rings is 1. The lowest BCUT2D eigenvalue weighted by Crippen LogP contribution is -2.52. The summed E-state index contributed by atoms with van der Waals surface area (Å²) in [5.74, 6) is 1.91. The van der Waals surface area contributed by atoms with Gasteiger partial charge in [-0.25, -0.2) is 4.98 Å². The molecule has 3 fully saturated rings. The lowest BCUT2D eigenvalue weighted by Gasteiger charge is -2.47. The fourth-order valence-corrected chi connectivity index (χ4v) is 7.04. The quantitative estimate of drug-likeness (QED) is 0.377. The second-order valence-corrected chi connectivity index (χ2v) is 12.4. The fourth-order valence-electron chi connectivity index (χ4n) is 6.33. The van der Waals surface area contributed by atoms with Gasteiger partial charge in [0.15, 0.2) is 5.82 Å². The van der Waals surface area contributed by atoms with E-state index in [2.05, 4.69) is 15.1 Å². The number of aromatic nitrogens is 2. The average molecular weight is 581 g/mol. The summed E-state index contributed by atoms with van der Waals surface area (Å²) in [6.07, 6.45) is 6.34. The molecule has 206 valence electrons. The number of nitrogens with one attached hydrogen (secondary N) is 1. The van der Waals surface area contributed by atoms with E-state index in [-0.39, 0.29) is 12.0 Å². The smallest absolute Gasteiger partial charge is 0.306 e. The van der Waals surface area contributed by atoms with Gasteiger partial charge in [-0.3, -0.25) is 4.79 Å². The first kappa shape index (κ1) is 27.8. The highest BCUT2D eigenvalue weighted by Crippen LogP contribution is 2.39. The van der Waals surface area contributed by atoms with Gasteiger partial charge in [0.1, 0.15) is 5.02 Å². The minimum absolute atomic E-state index is 0.110. The van der Waals surface area contributed by atoms with E-state index in [1.165, 1.54) is 12.8 Å². The van der Waals surface area contributed by atoms with Gasteiger partial charge in [-0.1, -0.05) is 40.9 Å². The van der Waals surface area contributed by atoms with Crippen molar-refractivity contribution in [1.82, 2.24) is 14.9 Å². The number of aliphatic carboxylic acids is 1. The Balaban J connectivity index is 1.20. The van der Waals surface area contributed by atoms with Crippen molar-refractivity contribution in [2.45, 2.75) is 64.5 Å². The second kappa shape index (κ2) is 11.7. The second-order valence-electron chi connectivity index (χ2n) is 11.2. The van der Waals surface area contributed by atoms with Crippen molar-refractivity contribution in [2.75, 3.05) is 36.4 Å². The van der Waals surface area contributed by atoms with Gasteiger partial charge in [0, 0.05) is 35.7 Å². The Hall–Kier alpha value is -1.80. The number of hydrogen-bond acceptors (Lipinski definition) is 6. The molecule has 1 aromatic heterocycles. The Kier molecular flexibility index (Phi) is 8.58. The maximum atomic E-state index is 11.2. The molecule has 5 rings (SSSR count). The van der Waals surface area contributed by atoms with Crippen molar-refractivity contribution >= 4 is 52.5 Å². The van der Waals surface area contributed by atoms with Gasteiger partial charge in [0.2, 0.25) is 5.95 Å². The number of piperidine rings is 2. The SMILES string of the molecule is Cc1nc(N2CCC(C3CCCN([C@H]4C[C@H](C(=O)O)C4)C3)CC2)nc(N[C@H](C)c2ccc(Cl)cc2Cl)c1Cl. The van der Waals surface area contributed by atoms with Crippen LogP contribution in [-0.4, -0.2) is 58.2 Å². The molecule has 2 N–H and O–H groups in total. The van der Waals surface area contributed by atoms with E-state index in [0.717, 1.165) is 63.1 Å². The highest BCUT2D eigenvalue weighted by Gasteiger charge is 2.40. The van der Waals surface area contributed by atoms with Crippen LogP contribution in [0.25, 0.3) is 0 Å². The summed E-state index contributed by atoms with van der Waals surface area (Å²) in [7, 11) is 0. The van der Waals surface area contributed by atoms with Gasteiger partial charge >= 0.3 is 5.97 Å². The number of carboxylic acids is 1. The number of hydrogen-bond donors (Lipinski definition) is 2. The third kappa shape index (κ3) is 6.01. The van der Waals surface area contributed by atoms with Crippen LogP contribution in [0.3, 0.4) is 0 Å². The molecular formula is C28H36Cl3N5O2. The molecule has 1 aliphatic carbocycles. The molecule has 38 heavy (non-hydrogen) atoms. The number of aryl methyl sites for hydroxylation is 1. The molecule has 0 radical (unpaired) electrons. The van der Waals surface area contributed by atoms with Crippen LogP contribution in [-0.2, 0) is 4.79 Å². The Morgan fingerprint density at radius 2 is 1.82 bits per heavy atom. The van der Waals surface area contributed by atoms with E-state index in [1.807, 2.05) is 26.0 Å². The van der Waals surface area contributed by atoms with Crippen LogP contribution < -0.4 is 10.2 Å². The largest absolute Gasteiger partial charge is 0.481 e. The van der Waals surface area contributed by atoms with Crippen molar-refractivity contribution < 1.29 is 9.90 Å². The molecule has 2 aliphatic heterocycles. The van der Waals surface area contributed by atoms with Gasteiger partial charge in [-0.2, -0.15) is 4.98 Å². The molecule has 0 bridgehead atoms. The molecule has 1 unspecified atom stereocenters. The van der Waals surface area contributed by atoms with E-state index < -0.39 is 5.97 Å². The number of carbonyl (C=O) groups is 1. The van der Waals surface area contributed by atoms with Crippen molar-refractivity contribution in [2.24, 2.45) is 17.8 Å². The minimum Gasteiger partial charge on any atom is -0.481 e. The zero-order valence-electron chi connectivity index (χ0n) is 22.0. The maximum absolute atomic E-state index is 11.2. The summed E-state index contributed by atoms with van der Waals surface area (Å²) in [4.78, 5) is 25.6. The number of likely N-dealkylation sites (tertiary alicyclic amines) is 1. The predicted molar refractivity (Wildman–Crippen MR) is 154 cm³/mol. The molecule has 10 heteroatoms. The summed E-state index contributed by atoms with van der Waals surface area (Å²) < 4.78 is 0. The van der Waals surface area contributed by atoms with E-state index >= 15 is 0 Å². The number of carboxylic acid groups (broad SMARTS) is 1. The first-order valence-electron chi connectivity index (χ1n) is 13.7. The van der Waals surface area contributed by atoms with Crippen LogP contribution in [0, 0.1) is 24.7 Å². The van der Waals surface area contributed by atoms with Gasteiger partial charge in [-0.05, 0) is 88.4 Å². The Bertz CT molecular complexity index is 1170. The minimum atomic E-state index is -0.636. The standard InChI is InChI=1S/C28H36Cl3N5O2/c1-16(23-6-5-21(29)14-24(23)30)32-26-25(31)17(2)33-28(34-26)35-10-7-18(8-11-35)19-4-3-9-36(15-19)22-12-20(13-22)27(37)38/h5-6,14,16,18-20,22H,3-4,7-13,15H2,1-2H3,(H,37,38)(H,32,33,34)/t16-,19?,20-,22-/m1/s1. The summed E-state index contributed by atoms with van der Waals surface area (Å²) >= 11 is 19.1. The summed E-state index contributed by atoms with van der Waals surface area (Å²) in [5, 5.41) is 14.4. The van der Waals surface area contributed by atoms with Crippen LogP contribution in [0.15, 0.2) is 18.2 Å². The van der Waals surface area contributed by atoms with Crippen molar-refractivity contribution in [3.05, 3.63) is 44.5 Å². The molecule has 0 amide bonds. The molecular weight excluding hydrogens is 545 g/mol. The van der Waals surface area contributed by atoms with Crippen molar-refractivity contribution in [3.8, 4) is 0 Å². The molecule has 2 atom stereocenters. The number of nitrogens with zero attached hydrogens (tertiary/aromatic N) is 4. The Labute approximate surface area is 239 Å². The van der Waals surface area contributed by atoms with Gasteiger partial charge in [-0.15, -0.1) is 0 Å². The zero-order chi connectivity index (χ0) is 27.0. The van der Waals surface area contributed by atoms with Crippen LogP contribution >= 0.6 is 34.8 Å². The molecule has 0 spiro atoms. The van der Waals surface area contributed by atoms with Crippen molar-refractivity contribution in [1.29, 1.82) is 0 Å². The molecule has 3 aliphatic rings. The van der Waals surface area contributed by atoms with Crippen LogP contribution in [0.4, 0.5) is 11.8 Å². The molecule has 2 saturated heterocycles. The lowest BCUT2D eigenvalue weighted by molar-refractivity contribution is -0.147. The third-order valence-electron chi connectivity index (χ3n) is 8.74. The molecule has 3 heterocycles. The predicted octanol–water partition coefficient (Wildman–Crippen LogP) is 6.71. The summed E-state index contributed by atoms with van der Waals surface area (Å²) in [5.41, 5.74) is 1.67. The van der Waals surface area contributed by atoms with Gasteiger partial charge in [0.25, 0.3) is 0 Å². The molecule has 1 saturated carbocycles. The van der Waals surface area contributed by atoms with Gasteiger partial charge < -0.3 is 20.2 Å². The van der Waals surface area contributed by atoms with E-state index in [9.17, 15) is 9.90 Å². The zero-order valence-corrected chi connectivity index (χ0v) is 24.2. The lowest BCUT2D eigenvalue weighted by atomic mass is 9.75. The summed E-state index contributed by atoms with van der Waals surface area (Å²) in [6, 6.07) is 5.83. The van der Waals surface area contributed by atoms with Gasteiger partial charge in [0.05, 0.1) is 17.7 Å². The number of halogens is 3. The topological polar surface area (TPSA) is 81.6 Å². The molecule has 7 nitrogen and oxygen atoms in total. The molecule has 2 aromatic rings. The Morgan fingerprint density at radius 3 is 2.50 bits per heavy atom. The van der Waals surface area contributed by atoms with Crippen LogP contribution in [0.1, 0.15) is 62.7 Å². The number of anilines is 2. The normalized spacial score (nSPS) is 25.6.